The Kier molecular flexibility index (Phi) is 7.33. The van der Waals surface area contributed by atoms with Gasteiger partial charge in [-0.3, -0.25) is 0 Å². The first kappa shape index (κ1) is 14.6. The summed E-state index contributed by atoms with van der Waals surface area (Å²) in [5, 5.41) is 12.2. The fourth-order valence-corrected chi connectivity index (χ4v) is 2.54. The van der Waals surface area contributed by atoms with E-state index >= 15 is 0 Å². The van der Waals surface area contributed by atoms with Gasteiger partial charge in [0, 0.05) is 23.8 Å². The van der Waals surface area contributed by atoms with Crippen molar-refractivity contribution in [3.63, 3.8) is 0 Å². The summed E-state index contributed by atoms with van der Waals surface area (Å²) in [6.45, 7) is 6.67. The summed E-state index contributed by atoms with van der Waals surface area (Å²) in [6.07, 6.45) is 2.04. The zero-order valence-electron chi connectivity index (χ0n) is 10.8. The van der Waals surface area contributed by atoms with E-state index in [1.54, 1.807) is 0 Å². The standard InChI is InChI=1S/C14H23NOS/c1-3-7-15-11-13-5-6-14(10-12(13)2)17-9-4-8-16/h5-6,10,15-16H,3-4,7-9,11H2,1-2H3. The predicted octanol–water partition coefficient (Wildman–Crippen LogP) is 2.97. The lowest BCUT2D eigenvalue weighted by molar-refractivity contribution is 0.296. The highest BCUT2D eigenvalue weighted by atomic mass is 32.2. The number of aliphatic hydroxyl groups is 1. The second-order valence-corrected chi connectivity index (χ2v) is 5.36. The van der Waals surface area contributed by atoms with Gasteiger partial charge in [0.1, 0.15) is 0 Å². The molecular weight excluding hydrogens is 230 g/mol. The van der Waals surface area contributed by atoms with Gasteiger partial charge in [-0.25, -0.2) is 0 Å². The van der Waals surface area contributed by atoms with Crippen LogP contribution in [0.25, 0.3) is 0 Å². The predicted molar refractivity (Wildman–Crippen MR) is 75.6 cm³/mol. The van der Waals surface area contributed by atoms with Crippen molar-refractivity contribution >= 4 is 11.8 Å². The Labute approximate surface area is 109 Å². The lowest BCUT2D eigenvalue weighted by Crippen LogP contribution is -2.14. The number of hydrogen-bond donors (Lipinski definition) is 2. The van der Waals surface area contributed by atoms with E-state index in [1.165, 1.54) is 22.4 Å². The van der Waals surface area contributed by atoms with Crippen molar-refractivity contribution in [3.8, 4) is 0 Å². The molecule has 17 heavy (non-hydrogen) atoms. The van der Waals surface area contributed by atoms with E-state index in [2.05, 4.69) is 37.4 Å². The molecule has 0 saturated heterocycles. The Hall–Kier alpha value is -0.510. The van der Waals surface area contributed by atoms with Gasteiger partial charge in [0.15, 0.2) is 0 Å². The van der Waals surface area contributed by atoms with E-state index in [1.807, 2.05) is 11.8 Å². The molecule has 1 aromatic rings. The quantitative estimate of drug-likeness (QED) is 0.552. The van der Waals surface area contributed by atoms with Crippen LogP contribution >= 0.6 is 11.8 Å². The van der Waals surface area contributed by atoms with Gasteiger partial charge in [-0.05, 0) is 49.6 Å². The molecule has 2 nitrogen and oxygen atoms in total. The van der Waals surface area contributed by atoms with Crippen molar-refractivity contribution in [2.75, 3.05) is 18.9 Å². The summed E-state index contributed by atoms with van der Waals surface area (Å²) >= 11 is 1.82. The average molecular weight is 253 g/mol. The second kappa shape index (κ2) is 8.56. The maximum atomic E-state index is 8.74. The lowest BCUT2D eigenvalue weighted by Gasteiger charge is -2.09. The van der Waals surface area contributed by atoms with Crippen molar-refractivity contribution in [1.29, 1.82) is 0 Å². The Balaban J connectivity index is 2.47. The zero-order valence-corrected chi connectivity index (χ0v) is 11.6. The van der Waals surface area contributed by atoms with Gasteiger partial charge in [0.25, 0.3) is 0 Å². The van der Waals surface area contributed by atoms with Crippen LogP contribution in [0.2, 0.25) is 0 Å². The molecule has 96 valence electrons. The van der Waals surface area contributed by atoms with Crippen LogP contribution in [-0.4, -0.2) is 24.0 Å². The third-order valence-corrected chi connectivity index (χ3v) is 3.71. The molecule has 0 saturated carbocycles. The summed E-state index contributed by atoms with van der Waals surface area (Å²) in [6, 6.07) is 6.63. The molecule has 0 atom stereocenters. The molecule has 0 aliphatic heterocycles. The zero-order chi connectivity index (χ0) is 12.5. The van der Waals surface area contributed by atoms with E-state index in [4.69, 9.17) is 5.11 Å². The minimum absolute atomic E-state index is 0.283. The number of benzene rings is 1. The Morgan fingerprint density at radius 1 is 1.35 bits per heavy atom. The van der Waals surface area contributed by atoms with Crippen LogP contribution in [0.5, 0.6) is 0 Å². The summed E-state index contributed by atoms with van der Waals surface area (Å²) < 4.78 is 0. The number of rotatable bonds is 8. The molecule has 1 aromatic carbocycles. The van der Waals surface area contributed by atoms with Gasteiger partial charge < -0.3 is 10.4 Å². The van der Waals surface area contributed by atoms with Gasteiger partial charge >= 0.3 is 0 Å². The molecule has 1 rings (SSSR count). The summed E-state index contributed by atoms with van der Waals surface area (Å²) in [5.41, 5.74) is 2.73. The second-order valence-electron chi connectivity index (χ2n) is 4.19. The van der Waals surface area contributed by atoms with Crippen LogP contribution < -0.4 is 5.32 Å². The number of aryl methyl sites for hydroxylation is 1. The highest BCUT2D eigenvalue weighted by Gasteiger charge is 2.00. The summed E-state index contributed by atoms with van der Waals surface area (Å²) in [4.78, 5) is 1.30. The lowest BCUT2D eigenvalue weighted by atomic mass is 10.1. The van der Waals surface area contributed by atoms with Crippen molar-refractivity contribution in [3.05, 3.63) is 29.3 Å². The topological polar surface area (TPSA) is 32.3 Å². The summed E-state index contributed by atoms with van der Waals surface area (Å²) in [5.74, 6) is 0.989. The molecule has 0 radical (unpaired) electrons. The molecule has 0 heterocycles. The molecule has 0 aliphatic carbocycles. The van der Waals surface area contributed by atoms with Gasteiger partial charge in [0.2, 0.25) is 0 Å². The van der Waals surface area contributed by atoms with Crippen molar-refractivity contribution in [2.24, 2.45) is 0 Å². The number of aliphatic hydroxyl groups excluding tert-OH is 1. The van der Waals surface area contributed by atoms with Crippen molar-refractivity contribution in [2.45, 2.75) is 38.1 Å². The van der Waals surface area contributed by atoms with Crippen LogP contribution in [0.4, 0.5) is 0 Å². The minimum Gasteiger partial charge on any atom is -0.396 e. The molecule has 0 fully saturated rings. The van der Waals surface area contributed by atoms with E-state index in [-0.39, 0.29) is 6.61 Å². The average Bonchev–Trinajstić information content (AvgIpc) is 2.32. The third kappa shape index (κ3) is 5.57. The Morgan fingerprint density at radius 3 is 2.82 bits per heavy atom. The highest BCUT2D eigenvalue weighted by Crippen LogP contribution is 2.21. The van der Waals surface area contributed by atoms with Crippen LogP contribution in [0.15, 0.2) is 23.1 Å². The fraction of sp³-hybridized carbons (Fsp3) is 0.571. The van der Waals surface area contributed by atoms with Gasteiger partial charge in [-0.15, -0.1) is 11.8 Å². The minimum atomic E-state index is 0.283. The third-order valence-electron chi connectivity index (χ3n) is 2.63. The SMILES string of the molecule is CCCNCc1ccc(SCCCO)cc1C. The first-order valence-corrected chi connectivity index (χ1v) is 7.30. The van der Waals surface area contributed by atoms with Crippen molar-refractivity contribution < 1.29 is 5.11 Å². The Bertz CT molecular complexity index is 328. The fourth-order valence-electron chi connectivity index (χ4n) is 1.61. The van der Waals surface area contributed by atoms with E-state index < -0.39 is 0 Å². The van der Waals surface area contributed by atoms with E-state index in [9.17, 15) is 0 Å². The van der Waals surface area contributed by atoms with Crippen LogP contribution in [0.3, 0.4) is 0 Å². The smallest absolute Gasteiger partial charge is 0.0439 e. The van der Waals surface area contributed by atoms with Gasteiger partial charge in [0.05, 0.1) is 0 Å². The number of thioether (sulfide) groups is 1. The molecule has 3 heteroatoms. The molecule has 0 unspecified atom stereocenters. The first-order valence-electron chi connectivity index (χ1n) is 6.31. The van der Waals surface area contributed by atoms with Crippen molar-refractivity contribution in [1.82, 2.24) is 5.32 Å². The number of hydrogen-bond acceptors (Lipinski definition) is 3. The van der Waals surface area contributed by atoms with Gasteiger partial charge in [-0.2, -0.15) is 0 Å². The largest absolute Gasteiger partial charge is 0.396 e. The first-order chi connectivity index (χ1) is 8.27. The van der Waals surface area contributed by atoms with Crippen LogP contribution in [0, 0.1) is 6.92 Å². The van der Waals surface area contributed by atoms with Crippen LogP contribution in [0.1, 0.15) is 30.9 Å². The molecule has 0 aliphatic rings. The molecule has 0 aromatic heterocycles. The highest BCUT2D eigenvalue weighted by molar-refractivity contribution is 7.99. The molecule has 2 N–H and O–H groups in total. The van der Waals surface area contributed by atoms with E-state index in [0.717, 1.165) is 25.3 Å². The maximum Gasteiger partial charge on any atom is 0.0439 e. The maximum absolute atomic E-state index is 8.74. The van der Waals surface area contributed by atoms with Gasteiger partial charge in [-0.1, -0.05) is 13.0 Å². The Morgan fingerprint density at radius 2 is 2.18 bits per heavy atom. The summed E-state index contributed by atoms with van der Waals surface area (Å²) in [7, 11) is 0. The van der Waals surface area contributed by atoms with E-state index in [0.29, 0.717) is 0 Å². The molecule has 0 bridgehead atoms. The van der Waals surface area contributed by atoms with Crippen LogP contribution in [-0.2, 0) is 6.54 Å². The number of nitrogens with one attached hydrogen (secondary N) is 1. The molecule has 0 amide bonds. The molecular formula is C14H23NOS. The molecule has 0 spiro atoms. The normalized spacial score (nSPS) is 10.8. The monoisotopic (exact) mass is 253 g/mol.